The number of H-pyrrole nitrogens is 3. The van der Waals surface area contributed by atoms with Crippen molar-refractivity contribution in [1.82, 2.24) is 44.9 Å². The molecule has 0 fully saturated rings. The first-order valence-corrected chi connectivity index (χ1v) is 10.8. The number of hydrogen-bond donors (Lipinski definition) is 3. The van der Waals surface area contributed by atoms with Crippen molar-refractivity contribution in [3.63, 3.8) is 0 Å². The third kappa shape index (κ3) is 3.13. The number of fused-ring (bicyclic) bond motifs is 3. The molecule has 0 aliphatic carbocycles. The summed E-state index contributed by atoms with van der Waals surface area (Å²) in [5.74, 6) is -0.479. The number of aromatic nitrogens is 9. The summed E-state index contributed by atoms with van der Waals surface area (Å²) in [6.07, 6.45) is 3.47. The Hall–Kier alpha value is -5.06. The maximum Gasteiger partial charge on any atom is 0.323 e. The van der Waals surface area contributed by atoms with Gasteiger partial charge in [0.2, 0.25) is 0 Å². The molecule has 11 heteroatoms. The van der Waals surface area contributed by atoms with E-state index < -0.39 is 5.82 Å². The molecule has 0 unspecified atom stereocenters. The Morgan fingerprint density at radius 3 is 2.77 bits per heavy atom. The van der Waals surface area contributed by atoms with Crippen molar-refractivity contribution < 1.29 is 4.39 Å². The normalized spacial score (nSPS) is 11.8. The van der Waals surface area contributed by atoms with Crippen molar-refractivity contribution in [2.45, 2.75) is 6.54 Å². The van der Waals surface area contributed by atoms with Gasteiger partial charge in [-0.15, -0.1) is 5.10 Å². The van der Waals surface area contributed by atoms with Gasteiger partial charge in [0.1, 0.15) is 5.52 Å². The van der Waals surface area contributed by atoms with E-state index in [4.69, 9.17) is 0 Å². The van der Waals surface area contributed by atoms with Gasteiger partial charge >= 0.3 is 5.69 Å². The van der Waals surface area contributed by atoms with Crippen LogP contribution >= 0.6 is 0 Å². The van der Waals surface area contributed by atoms with E-state index in [2.05, 4.69) is 41.6 Å². The van der Waals surface area contributed by atoms with E-state index in [1.54, 1.807) is 35.3 Å². The van der Waals surface area contributed by atoms with Crippen LogP contribution in [-0.2, 0) is 6.54 Å². The largest absolute Gasteiger partial charge is 0.323 e. The van der Waals surface area contributed by atoms with E-state index in [0.717, 1.165) is 22.2 Å². The summed E-state index contributed by atoms with van der Waals surface area (Å²) in [6.45, 7) is 0.512. The lowest BCUT2D eigenvalue weighted by Gasteiger charge is -2.09. The minimum absolute atomic E-state index is 0.160. The fourth-order valence-corrected chi connectivity index (χ4v) is 4.44. The molecule has 0 radical (unpaired) electrons. The quantitative estimate of drug-likeness (QED) is 0.367. The molecule has 7 rings (SSSR count). The zero-order valence-electron chi connectivity index (χ0n) is 18.0. The van der Waals surface area contributed by atoms with Crippen molar-refractivity contribution in [2.24, 2.45) is 0 Å². The maximum absolute atomic E-state index is 15.1. The van der Waals surface area contributed by atoms with E-state index in [9.17, 15) is 4.79 Å². The molecule has 0 saturated carbocycles. The molecule has 170 valence electrons. The summed E-state index contributed by atoms with van der Waals surface area (Å²) >= 11 is 0. The second-order valence-electron chi connectivity index (χ2n) is 8.30. The van der Waals surface area contributed by atoms with Crippen molar-refractivity contribution >= 4 is 33.0 Å². The van der Waals surface area contributed by atoms with Crippen molar-refractivity contribution in [1.29, 1.82) is 0 Å². The Balaban J connectivity index is 1.32. The van der Waals surface area contributed by atoms with Crippen LogP contribution in [0.3, 0.4) is 0 Å². The standard InChI is InChI=1S/C24H16FN9O/c25-17-8-14(21-5-6-27-33(21)12-13-1-3-18-15(7-13)11-26-30-18)9-22-23(17)31-32-34(22)16-2-4-19-20(10-16)29-24(35)28-19/h1-11H,12H2,(H,26,30)(H2,28,29,35). The molecule has 10 nitrogen and oxygen atoms in total. The van der Waals surface area contributed by atoms with Gasteiger partial charge in [-0.25, -0.2) is 13.9 Å². The maximum atomic E-state index is 15.1. The van der Waals surface area contributed by atoms with Crippen LogP contribution in [-0.4, -0.2) is 44.9 Å². The van der Waals surface area contributed by atoms with Gasteiger partial charge in [-0.05, 0) is 54.1 Å². The van der Waals surface area contributed by atoms with Gasteiger partial charge in [0, 0.05) is 17.1 Å². The van der Waals surface area contributed by atoms with Crippen LogP contribution < -0.4 is 5.69 Å². The Labute approximate surface area is 195 Å². The van der Waals surface area contributed by atoms with Gasteiger partial charge in [0.15, 0.2) is 5.82 Å². The fourth-order valence-electron chi connectivity index (χ4n) is 4.44. The lowest BCUT2D eigenvalue weighted by Crippen LogP contribution is -2.04. The third-order valence-electron chi connectivity index (χ3n) is 6.10. The molecule has 3 N–H and O–H groups in total. The molecular weight excluding hydrogens is 449 g/mol. The second-order valence-corrected chi connectivity index (χ2v) is 8.30. The lowest BCUT2D eigenvalue weighted by atomic mass is 10.1. The third-order valence-corrected chi connectivity index (χ3v) is 6.10. The van der Waals surface area contributed by atoms with Gasteiger partial charge in [0.05, 0.1) is 46.2 Å². The molecule has 0 saturated heterocycles. The number of benzene rings is 3. The SMILES string of the molecule is O=c1[nH]c2ccc(-n3nnc4c(F)cc(-c5ccnn5Cc5ccc6[nH]ncc6c5)cc43)cc2[nH]1. The first-order chi connectivity index (χ1) is 17.1. The molecule has 0 bridgehead atoms. The number of imidazole rings is 1. The van der Waals surface area contributed by atoms with Crippen LogP contribution in [0, 0.1) is 5.82 Å². The van der Waals surface area contributed by atoms with E-state index in [1.807, 2.05) is 28.9 Å². The summed E-state index contributed by atoms with van der Waals surface area (Å²) in [5.41, 5.74) is 5.73. The molecule has 0 spiro atoms. The van der Waals surface area contributed by atoms with Crippen LogP contribution in [0.1, 0.15) is 5.56 Å². The molecule has 0 amide bonds. The fraction of sp³-hybridized carbons (Fsp3) is 0.0417. The van der Waals surface area contributed by atoms with Crippen LogP contribution in [0.4, 0.5) is 4.39 Å². The van der Waals surface area contributed by atoms with Crippen LogP contribution in [0.2, 0.25) is 0 Å². The van der Waals surface area contributed by atoms with Crippen LogP contribution in [0.5, 0.6) is 0 Å². The number of nitrogens with one attached hydrogen (secondary N) is 3. The number of rotatable bonds is 4. The average Bonchev–Trinajstić information content (AvgIpc) is 3.63. The molecule has 35 heavy (non-hydrogen) atoms. The van der Waals surface area contributed by atoms with E-state index in [-0.39, 0.29) is 11.2 Å². The first-order valence-electron chi connectivity index (χ1n) is 10.8. The molecule has 0 aliphatic rings. The van der Waals surface area contributed by atoms with Crippen molar-refractivity contribution in [2.75, 3.05) is 0 Å². The van der Waals surface area contributed by atoms with E-state index >= 15 is 4.39 Å². The molecule has 0 atom stereocenters. The Kier molecular flexibility index (Phi) is 4.00. The van der Waals surface area contributed by atoms with Crippen LogP contribution in [0.15, 0.2) is 71.8 Å². The smallest absolute Gasteiger partial charge is 0.306 e. The van der Waals surface area contributed by atoms with E-state index in [0.29, 0.717) is 34.3 Å². The first kappa shape index (κ1) is 19.4. The highest BCUT2D eigenvalue weighted by atomic mass is 19.1. The Morgan fingerprint density at radius 2 is 1.83 bits per heavy atom. The minimum Gasteiger partial charge on any atom is -0.306 e. The lowest BCUT2D eigenvalue weighted by molar-refractivity contribution is 0.635. The number of nitrogens with zero attached hydrogens (tertiary/aromatic N) is 6. The second kappa shape index (κ2) is 7.22. The summed E-state index contributed by atoms with van der Waals surface area (Å²) in [6, 6.07) is 16.5. The molecule has 4 aromatic heterocycles. The zero-order valence-corrected chi connectivity index (χ0v) is 18.0. The Bertz CT molecular complexity index is 1940. The molecule has 3 aromatic carbocycles. The van der Waals surface area contributed by atoms with Gasteiger partial charge in [-0.3, -0.25) is 9.78 Å². The Morgan fingerprint density at radius 1 is 0.943 bits per heavy atom. The predicted octanol–water partition coefficient (Wildman–Crippen LogP) is 3.52. The van der Waals surface area contributed by atoms with Crippen molar-refractivity contribution in [3.05, 3.63) is 88.9 Å². The summed E-state index contributed by atoms with van der Waals surface area (Å²) in [5, 5.41) is 20.7. The summed E-state index contributed by atoms with van der Waals surface area (Å²) < 4.78 is 18.5. The monoisotopic (exact) mass is 465 g/mol. The van der Waals surface area contributed by atoms with Gasteiger partial charge < -0.3 is 9.97 Å². The number of aromatic amines is 3. The number of hydrogen-bond acceptors (Lipinski definition) is 5. The topological polar surface area (TPSA) is 126 Å². The summed E-state index contributed by atoms with van der Waals surface area (Å²) in [7, 11) is 0. The average molecular weight is 465 g/mol. The zero-order chi connectivity index (χ0) is 23.5. The van der Waals surface area contributed by atoms with Gasteiger partial charge in [-0.1, -0.05) is 11.3 Å². The molecule has 0 aliphatic heterocycles. The molecular formula is C24H16FN9O. The van der Waals surface area contributed by atoms with E-state index in [1.165, 1.54) is 6.07 Å². The molecule has 4 heterocycles. The highest BCUT2D eigenvalue weighted by Gasteiger charge is 2.16. The van der Waals surface area contributed by atoms with Crippen LogP contribution in [0.25, 0.3) is 49.9 Å². The minimum atomic E-state index is -0.479. The summed E-state index contributed by atoms with van der Waals surface area (Å²) in [4.78, 5) is 17.1. The highest BCUT2D eigenvalue weighted by molar-refractivity contribution is 5.84. The number of halogens is 1. The van der Waals surface area contributed by atoms with Gasteiger partial charge in [0.25, 0.3) is 0 Å². The molecule has 7 aromatic rings. The van der Waals surface area contributed by atoms with Crippen molar-refractivity contribution in [3.8, 4) is 16.9 Å². The highest BCUT2D eigenvalue weighted by Crippen LogP contribution is 2.28. The predicted molar refractivity (Wildman–Crippen MR) is 128 cm³/mol. The van der Waals surface area contributed by atoms with Gasteiger partial charge in [-0.2, -0.15) is 10.2 Å².